The first-order chi connectivity index (χ1) is 17.2. The smallest absolute Gasteiger partial charge is 0.249 e. The number of hydrogen-bond acceptors (Lipinski definition) is 5. The van der Waals surface area contributed by atoms with Crippen LogP contribution in [0.5, 0.6) is 0 Å². The van der Waals surface area contributed by atoms with E-state index in [2.05, 4.69) is 11.4 Å². The number of carbonyl (C=O) groups excluding carboxylic acids is 4. The van der Waals surface area contributed by atoms with Crippen molar-refractivity contribution in [3.05, 3.63) is 47.5 Å². The number of likely N-dealkylation sites (N-methyl/N-ethyl adjacent to an activating group) is 1. The number of likely N-dealkylation sites (tertiary alicyclic amines) is 1. The number of amides is 4. The summed E-state index contributed by atoms with van der Waals surface area (Å²) in [6.45, 7) is 6.65. The van der Waals surface area contributed by atoms with Crippen LogP contribution >= 0.6 is 0 Å². The Hall–Kier alpha value is -3.67. The summed E-state index contributed by atoms with van der Waals surface area (Å²) in [5.41, 5.74) is 1.43. The minimum Gasteiger partial charge on any atom is -0.350 e. The van der Waals surface area contributed by atoms with Crippen LogP contribution in [-0.4, -0.2) is 77.6 Å². The second kappa shape index (κ2) is 14.0. The van der Waals surface area contributed by atoms with E-state index >= 15 is 0 Å². The molecule has 0 radical (unpaired) electrons. The highest BCUT2D eigenvalue weighted by atomic mass is 16.2. The van der Waals surface area contributed by atoms with Crippen molar-refractivity contribution in [2.45, 2.75) is 58.7 Å². The van der Waals surface area contributed by atoms with Gasteiger partial charge in [0.2, 0.25) is 24.1 Å². The summed E-state index contributed by atoms with van der Waals surface area (Å²) in [5, 5.41) is 11.5. The van der Waals surface area contributed by atoms with Gasteiger partial charge in [-0.1, -0.05) is 50.3 Å². The SMILES string of the molecule is C/C(=C\[C@H](C(C)C)N(C)C(=O)CNC=O)C(=O)N1CCC[C@H]1C(=O)N(CCC#N)Cc1ccccc1. The third-order valence-corrected chi connectivity index (χ3v) is 6.44. The normalized spacial score (nSPS) is 16.3. The third kappa shape index (κ3) is 7.67. The fraction of sp³-hybridized carbons (Fsp3) is 0.519. The minimum absolute atomic E-state index is 0.0290. The lowest BCUT2D eigenvalue weighted by atomic mass is 9.99. The van der Waals surface area contributed by atoms with Crippen molar-refractivity contribution in [3.8, 4) is 6.07 Å². The van der Waals surface area contributed by atoms with Gasteiger partial charge in [0.25, 0.3) is 0 Å². The third-order valence-electron chi connectivity index (χ3n) is 6.44. The Bertz CT molecular complexity index is 986. The Labute approximate surface area is 213 Å². The summed E-state index contributed by atoms with van der Waals surface area (Å²) in [4.78, 5) is 54.8. The van der Waals surface area contributed by atoms with E-state index in [0.717, 1.165) is 12.0 Å². The van der Waals surface area contributed by atoms with Crippen molar-refractivity contribution >= 4 is 24.1 Å². The van der Waals surface area contributed by atoms with E-state index < -0.39 is 6.04 Å². The lowest BCUT2D eigenvalue weighted by Crippen LogP contribution is -2.48. The predicted octanol–water partition coefficient (Wildman–Crippen LogP) is 2.10. The van der Waals surface area contributed by atoms with Crippen LogP contribution in [0.1, 0.15) is 45.6 Å². The Kier molecular flexibility index (Phi) is 11.1. The van der Waals surface area contributed by atoms with Crippen molar-refractivity contribution in [2.75, 3.05) is 26.7 Å². The number of carbonyl (C=O) groups is 4. The summed E-state index contributed by atoms with van der Waals surface area (Å²) in [6.07, 6.45) is 3.74. The van der Waals surface area contributed by atoms with E-state index in [4.69, 9.17) is 5.26 Å². The number of nitrogens with zero attached hydrogens (tertiary/aromatic N) is 4. The molecule has 0 saturated carbocycles. The van der Waals surface area contributed by atoms with Crippen LogP contribution in [0.15, 0.2) is 42.0 Å². The van der Waals surface area contributed by atoms with Gasteiger partial charge in [-0.25, -0.2) is 0 Å². The average molecular weight is 496 g/mol. The van der Waals surface area contributed by atoms with Crippen LogP contribution in [0.3, 0.4) is 0 Å². The second-order valence-corrected chi connectivity index (χ2v) is 9.40. The van der Waals surface area contributed by atoms with Crippen LogP contribution in [0.4, 0.5) is 0 Å². The zero-order valence-corrected chi connectivity index (χ0v) is 21.6. The Balaban J connectivity index is 2.21. The van der Waals surface area contributed by atoms with E-state index in [1.165, 1.54) is 4.90 Å². The molecule has 1 heterocycles. The van der Waals surface area contributed by atoms with E-state index in [0.29, 0.717) is 38.0 Å². The molecule has 1 aromatic carbocycles. The molecule has 1 saturated heterocycles. The molecule has 1 aliphatic heterocycles. The van der Waals surface area contributed by atoms with Crippen molar-refractivity contribution in [1.29, 1.82) is 5.26 Å². The molecular weight excluding hydrogens is 458 g/mol. The molecule has 0 unspecified atom stereocenters. The fourth-order valence-corrected chi connectivity index (χ4v) is 4.46. The molecule has 1 N–H and O–H groups in total. The van der Waals surface area contributed by atoms with Gasteiger partial charge in [0, 0.05) is 32.3 Å². The van der Waals surface area contributed by atoms with E-state index in [9.17, 15) is 19.2 Å². The summed E-state index contributed by atoms with van der Waals surface area (Å²) in [5.74, 6) is -0.620. The first kappa shape index (κ1) is 28.6. The molecule has 36 heavy (non-hydrogen) atoms. The van der Waals surface area contributed by atoms with Gasteiger partial charge < -0.3 is 20.0 Å². The molecule has 2 atom stereocenters. The summed E-state index contributed by atoms with van der Waals surface area (Å²) in [7, 11) is 1.65. The van der Waals surface area contributed by atoms with E-state index in [-0.39, 0.29) is 42.6 Å². The number of hydrogen-bond donors (Lipinski definition) is 1. The minimum atomic E-state index is -0.586. The van der Waals surface area contributed by atoms with E-state index in [1.54, 1.807) is 29.8 Å². The largest absolute Gasteiger partial charge is 0.350 e. The maximum absolute atomic E-state index is 13.5. The molecule has 0 aromatic heterocycles. The lowest BCUT2D eigenvalue weighted by molar-refractivity contribution is -0.142. The number of nitrogens with one attached hydrogen (secondary N) is 1. The summed E-state index contributed by atoms with van der Waals surface area (Å²) < 4.78 is 0. The average Bonchev–Trinajstić information content (AvgIpc) is 3.37. The van der Waals surface area contributed by atoms with Gasteiger partial charge in [-0.3, -0.25) is 19.2 Å². The molecule has 1 aromatic rings. The molecule has 0 aliphatic carbocycles. The fourth-order valence-electron chi connectivity index (χ4n) is 4.46. The Morgan fingerprint density at radius 3 is 2.56 bits per heavy atom. The molecule has 9 nitrogen and oxygen atoms in total. The number of nitriles is 1. The van der Waals surface area contributed by atoms with Gasteiger partial charge in [-0.15, -0.1) is 0 Å². The molecule has 1 aliphatic rings. The molecule has 9 heteroatoms. The lowest BCUT2D eigenvalue weighted by Gasteiger charge is -2.32. The predicted molar refractivity (Wildman–Crippen MR) is 136 cm³/mol. The van der Waals surface area contributed by atoms with Crippen LogP contribution in [-0.2, 0) is 25.7 Å². The maximum Gasteiger partial charge on any atom is 0.249 e. The van der Waals surface area contributed by atoms with Gasteiger partial charge in [-0.2, -0.15) is 5.26 Å². The van der Waals surface area contributed by atoms with Crippen LogP contribution in [0.25, 0.3) is 0 Å². The monoisotopic (exact) mass is 495 g/mol. The molecular formula is C27H37N5O4. The topological polar surface area (TPSA) is 114 Å². The van der Waals surface area contributed by atoms with Gasteiger partial charge >= 0.3 is 0 Å². The highest BCUT2D eigenvalue weighted by Gasteiger charge is 2.37. The van der Waals surface area contributed by atoms with Crippen LogP contribution in [0.2, 0.25) is 0 Å². The van der Waals surface area contributed by atoms with E-state index in [1.807, 2.05) is 44.2 Å². The molecule has 194 valence electrons. The first-order valence-electron chi connectivity index (χ1n) is 12.3. The second-order valence-electron chi connectivity index (χ2n) is 9.40. The zero-order chi connectivity index (χ0) is 26.7. The molecule has 2 rings (SSSR count). The quantitative estimate of drug-likeness (QED) is 0.352. The maximum atomic E-state index is 13.5. The van der Waals surface area contributed by atoms with Crippen molar-refractivity contribution in [1.82, 2.24) is 20.0 Å². The van der Waals surface area contributed by atoms with Crippen LogP contribution in [0, 0.1) is 17.2 Å². The highest BCUT2D eigenvalue weighted by molar-refractivity contribution is 5.97. The molecule has 1 fully saturated rings. The molecule has 4 amide bonds. The van der Waals surface area contributed by atoms with Crippen molar-refractivity contribution in [3.63, 3.8) is 0 Å². The zero-order valence-electron chi connectivity index (χ0n) is 21.6. The number of benzene rings is 1. The van der Waals surface area contributed by atoms with Gasteiger partial charge in [0.05, 0.1) is 25.1 Å². The highest BCUT2D eigenvalue weighted by Crippen LogP contribution is 2.24. The number of rotatable bonds is 12. The van der Waals surface area contributed by atoms with Gasteiger partial charge in [-0.05, 0) is 31.2 Å². The summed E-state index contributed by atoms with van der Waals surface area (Å²) in [6, 6.07) is 10.8. The summed E-state index contributed by atoms with van der Waals surface area (Å²) >= 11 is 0. The first-order valence-corrected chi connectivity index (χ1v) is 12.3. The standard InChI is InChI=1S/C27H37N5O4/c1-20(2)24(30(4)25(34)17-29-19-33)16-21(3)26(35)32-15-8-12-23(32)27(36)31(14-9-13-28)18-22-10-6-5-7-11-22/h5-7,10-11,16,19-20,23-24H,8-9,12,14-15,17-18H2,1-4H3,(H,29,33)/b21-16+/t23-,24+/m0/s1. The van der Waals surface area contributed by atoms with Crippen LogP contribution < -0.4 is 5.32 Å². The molecule has 0 bridgehead atoms. The van der Waals surface area contributed by atoms with Crippen molar-refractivity contribution in [2.24, 2.45) is 5.92 Å². The van der Waals surface area contributed by atoms with Crippen molar-refractivity contribution < 1.29 is 19.2 Å². The molecule has 0 spiro atoms. The Morgan fingerprint density at radius 2 is 1.94 bits per heavy atom. The van der Waals surface area contributed by atoms with Gasteiger partial charge in [0.1, 0.15) is 6.04 Å². The van der Waals surface area contributed by atoms with Gasteiger partial charge in [0.15, 0.2) is 0 Å². The Morgan fingerprint density at radius 1 is 1.25 bits per heavy atom.